The summed E-state index contributed by atoms with van der Waals surface area (Å²) >= 11 is 7.02. The number of nitrogens with one attached hydrogen (secondary N) is 1. The minimum absolute atomic E-state index is 0.0425. The van der Waals surface area contributed by atoms with Crippen LogP contribution >= 0.6 is 23.4 Å². The lowest BCUT2D eigenvalue weighted by Gasteiger charge is -2.16. The minimum Gasteiger partial charge on any atom is -0.483 e. The average Bonchev–Trinajstić information content (AvgIpc) is 3.18. The van der Waals surface area contributed by atoms with Crippen molar-refractivity contribution >= 4 is 35.0 Å². The maximum atomic E-state index is 13.3. The van der Waals surface area contributed by atoms with Crippen molar-refractivity contribution in [3.63, 3.8) is 0 Å². The van der Waals surface area contributed by atoms with E-state index in [1.807, 2.05) is 42.7 Å². The van der Waals surface area contributed by atoms with Crippen molar-refractivity contribution < 1.29 is 13.9 Å². The van der Waals surface area contributed by atoms with E-state index in [0.717, 1.165) is 12.2 Å². The lowest BCUT2D eigenvalue weighted by atomic mass is 10.2. The Labute approximate surface area is 190 Å². The van der Waals surface area contributed by atoms with Crippen LogP contribution in [0.15, 0.2) is 47.6 Å². The van der Waals surface area contributed by atoms with Crippen molar-refractivity contribution in [2.75, 3.05) is 11.1 Å². The van der Waals surface area contributed by atoms with E-state index in [0.29, 0.717) is 23.2 Å². The summed E-state index contributed by atoms with van der Waals surface area (Å²) in [4.78, 5) is 12.3. The summed E-state index contributed by atoms with van der Waals surface area (Å²) in [6.07, 6.45) is 0.673. The summed E-state index contributed by atoms with van der Waals surface area (Å²) in [6.45, 7) is 6.66. The molecule has 9 heteroatoms. The van der Waals surface area contributed by atoms with Gasteiger partial charge in [-0.05, 0) is 56.2 Å². The van der Waals surface area contributed by atoms with Crippen molar-refractivity contribution in [1.82, 2.24) is 14.8 Å². The van der Waals surface area contributed by atoms with E-state index in [9.17, 15) is 9.18 Å². The first kappa shape index (κ1) is 23.1. The molecule has 0 fully saturated rings. The van der Waals surface area contributed by atoms with Crippen molar-refractivity contribution in [3.8, 4) is 5.75 Å². The molecule has 0 aliphatic rings. The summed E-state index contributed by atoms with van der Waals surface area (Å²) in [6, 6.07) is 12.0. The molecular weight excluding hydrogens is 439 g/mol. The minimum atomic E-state index is -0.532. The van der Waals surface area contributed by atoms with E-state index in [2.05, 4.69) is 22.4 Å². The zero-order chi connectivity index (χ0) is 22.4. The van der Waals surface area contributed by atoms with Crippen molar-refractivity contribution in [1.29, 1.82) is 0 Å². The van der Waals surface area contributed by atoms with Crippen LogP contribution in [0, 0.1) is 5.82 Å². The molecule has 0 spiro atoms. The van der Waals surface area contributed by atoms with Crippen LogP contribution in [-0.2, 0) is 17.8 Å². The highest BCUT2D eigenvalue weighted by atomic mass is 35.5. The largest absolute Gasteiger partial charge is 0.483 e. The molecule has 1 heterocycles. The number of carbonyl (C=O) groups is 1. The second kappa shape index (κ2) is 10.6. The summed E-state index contributed by atoms with van der Waals surface area (Å²) in [7, 11) is 0. The molecule has 1 amide bonds. The highest BCUT2D eigenvalue weighted by Crippen LogP contribution is 2.25. The number of nitrogens with zero attached hydrogens (tertiary/aromatic N) is 3. The van der Waals surface area contributed by atoms with Gasteiger partial charge >= 0.3 is 0 Å². The maximum Gasteiger partial charge on any atom is 0.234 e. The Morgan fingerprint density at radius 2 is 1.97 bits per heavy atom. The quantitative estimate of drug-likeness (QED) is 0.424. The third kappa shape index (κ3) is 5.98. The maximum absolute atomic E-state index is 13.3. The average molecular weight is 463 g/mol. The van der Waals surface area contributed by atoms with Crippen molar-refractivity contribution in [2.45, 2.75) is 45.0 Å². The van der Waals surface area contributed by atoms with Crippen LogP contribution in [0.2, 0.25) is 5.02 Å². The molecule has 31 heavy (non-hydrogen) atoms. The first-order valence-corrected chi connectivity index (χ1v) is 11.3. The second-order valence-corrected chi connectivity index (χ2v) is 8.16. The van der Waals surface area contributed by atoms with Gasteiger partial charge in [0.05, 0.1) is 10.8 Å². The number of benzene rings is 2. The Bertz CT molecular complexity index is 1040. The van der Waals surface area contributed by atoms with Crippen LogP contribution in [0.3, 0.4) is 0 Å². The fraction of sp³-hybridized carbons (Fsp3) is 0.318. The third-order valence-corrected chi connectivity index (χ3v) is 5.86. The standard InChI is InChI=1S/C22H24ClFN4O2S/c1-4-15-6-9-17(10-7-15)30-14(3)21-26-27-22(28(21)5-2)31-13-20(29)25-16-8-11-19(24)18(23)12-16/h6-12,14H,4-5,13H2,1-3H3,(H,25,29)/t14-/m0/s1. The molecule has 0 aliphatic carbocycles. The Balaban J connectivity index is 1.61. The number of thioether (sulfide) groups is 1. The molecule has 6 nitrogen and oxygen atoms in total. The van der Waals surface area contributed by atoms with Gasteiger partial charge in [0.25, 0.3) is 0 Å². The van der Waals surface area contributed by atoms with Gasteiger partial charge < -0.3 is 14.6 Å². The number of aromatic nitrogens is 3. The Kier molecular flexibility index (Phi) is 7.92. The van der Waals surface area contributed by atoms with Gasteiger partial charge in [0.1, 0.15) is 11.6 Å². The summed E-state index contributed by atoms with van der Waals surface area (Å²) in [5, 5.41) is 11.8. The summed E-state index contributed by atoms with van der Waals surface area (Å²) < 4.78 is 21.2. The van der Waals surface area contributed by atoms with E-state index in [-0.39, 0.29) is 22.8 Å². The predicted molar refractivity (Wildman–Crippen MR) is 121 cm³/mol. The molecule has 0 bridgehead atoms. The molecule has 0 saturated heterocycles. The van der Waals surface area contributed by atoms with Gasteiger partial charge in [0.2, 0.25) is 5.91 Å². The van der Waals surface area contributed by atoms with Crippen molar-refractivity contribution in [3.05, 3.63) is 64.7 Å². The van der Waals surface area contributed by atoms with Gasteiger partial charge in [-0.15, -0.1) is 10.2 Å². The lowest BCUT2D eigenvalue weighted by Crippen LogP contribution is -2.15. The van der Waals surface area contributed by atoms with Gasteiger partial charge in [0.15, 0.2) is 17.1 Å². The van der Waals surface area contributed by atoms with Crippen LogP contribution < -0.4 is 10.1 Å². The molecule has 3 aromatic rings. The monoisotopic (exact) mass is 462 g/mol. The van der Waals surface area contributed by atoms with E-state index < -0.39 is 5.82 Å². The molecule has 0 radical (unpaired) electrons. The van der Waals surface area contributed by atoms with Gasteiger partial charge in [0, 0.05) is 12.2 Å². The highest BCUT2D eigenvalue weighted by Gasteiger charge is 2.19. The molecule has 3 rings (SSSR count). The first-order valence-electron chi connectivity index (χ1n) is 9.97. The lowest BCUT2D eigenvalue weighted by molar-refractivity contribution is -0.113. The van der Waals surface area contributed by atoms with Crippen molar-refractivity contribution in [2.24, 2.45) is 0 Å². The molecule has 0 aliphatic heterocycles. The SMILES string of the molecule is CCc1ccc(O[C@@H](C)c2nnc(SCC(=O)Nc3ccc(F)c(Cl)c3)n2CC)cc1. The van der Waals surface area contributed by atoms with E-state index in [1.165, 1.54) is 35.5 Å². The number of aryl methyl sites for hydroxylation is 1. The molecular formula is C22H24ClFN4O2S. The fourth-order valence-electron chi connectivity index (χ4n) is 2.97. The number of rotatable bonds is 9. The Hall–Kier alpha value is -2.58. The zero-order valence-corrected chi connectivity index (χ0v) is 19.1. The second-order valence-electron chi connectivity index (χ2n) is 6.81. The van der Waals surface area contributed by atoms with Gasteiger partial charge in [-0.25, -0.2) is 4.39 Å². The number of hydrogen-bond donors (Lipinski definition) is 1. The number of hydrogen-bond acceptors (Lipinski definition) is 5. The number of ether oxygens (including phenoxy) is 1. The number of carbonyl (C=O) groups excluding carboxylic acids is 1. The molecule has 0 saturated carbocycles. The Morgan fingerprint density at radius 1 is 1.23 bits per heavy atom. The van der Waals surface area contributed by atoms with E-state index in [4.69, 9.17) is 16.3 Å². The zero-order valence-electron chi connectivity index (χ0n) is 17.6. The van der Waals surface area contributed by atoms with Crippen LogP contribution in [-0.4, -0.2) is 26.4 Å². The van der Waals surface area contributed by atoms with Crippen LogP contribution in [0.4, 0.5) is 10.1 Å². The molecule has 1 aromatic heterocycles. The molecule has 1 atom stereocenters. The summed E-state index contributed by atoms with van der Waals surface area (Å²) in [5.41, 5.74) is 1.68. The number of amides is 1. The number of halogens is 2. The van der Waals surface area contributed by atoms with Gasteiger partial charge in [-0.1, -0.05) is 42.4 Å². The molecule has 0 unspecified atom stereocenters. The van der Waals surface area contributed by atoms with Crippen LogP contribution in [0.25, 0.3) is 0 Å². The van der Waals surface area contributed by atoms with Crippen LogP contribution in [0.5, 0.6) is 5.75 Å². The molecule has 1 N–H and O–H groups in total. The highest BCUT2D eigenvalue weighted by molar-refractivity contribution is 7.99. The number of anilines is 1. The molecule has 2 aromatic carbocycles. The predicted octanol–water partition coefficient (Wildman–Crippen LogP) is 5.52. The summed E-state index contributed by atoms with van der Waals surface area (Å²) in [5.74, 6) is 0.800. The third-order valence-electron chi connectivity index (χ3n) is 4.61. The van der Waals surface area contributed by atoms with E-state index in [1.54, 1.807) is 0 Å². The Morgan fingerprint density at radius 3 is 2.61 bits per heavy atom. The van der Waals surface area contributed by atoms with Gasteiger partial charge in [-0.3, -0.25) is 4.79 Å². The topological polar surface area (TPSA) is 69.0 Å². The van der Waals surface area contributed by atoms with E-state index >= 15 is 0 Å². The smallest absolute Gasteiger partial charge is 0.234 e. The first-order chi connectivity index (χ1) is 14.9. The normalized spacial score (nSPS) is 11.9. The fourth-order valence-corrected chi connectivity index (χ4v) is 3.96. The van der Waals surface area contributed by atoms with Crippen LogP contribution in [0.1, 0.15) is 38.3 Å². The molecule has 164 valence electrons. The van der Waals surface area contributed by atoms with Gasteiger partial charge in [-0.2, -0.15) is 0 Å².